The highest BCUT2D eigenvalue weighted by Crippen LogP contribution is 2.28. The van der Waals surface area contributed by atoms with Crippen LogP contribution in [0.2, 0.25) is 0 Å². The van der Waals surface area contributed by atoms with Crippen LogP contribution in [0.3, 0.4) is 0 Å². The molecule has 3 aromatic heterocycles. The van der Waals surface area contributed by atoms with Crippen LogP contribution in [0, 0.1) is 6.92 Å². The minimum Gasteiger partial charge on any atom is -0.331 e. The molecule has 0 saturated heterocycles. The number of nitrogens with one attached hydrogen (secondary N) is 1. The minimum absolute atomic E-state index is 0.741. The van der Waals surface area contributed by atoms with Crippen LogP contribution in [0.1, 0.15) is 11.3 Å². The number of hydrogen-bond acceptors (Lipinski definition) is 7. The van der Waals surface area contributed by atoms with E-state index in [1.54, 1.807) is 35.5 Å². The predicted octanol–water partition coefficient (Wildman–Crippen LogP) is 4.68. The van der Waals surface area contributed by atoms with Gasteiger partial charge >= 0.3 is 0 Å². The van der Waals surface area contributed by atoms with Crippen molar-refractivity contribution < 1.29 is 0 Å². The number of rotatable bonds is 6. The Kier molecular flexibility index (Phi) is 5.17. The Labute approximate surface area is 165 Å². The van der Waals surface area contributed by atoms with Crippen molar-refractivity contribution in [2.45, 2.75) is 17.8 Å². The molecule has 6 nitrogen and oxygen atoms in total. The summed E-state index contributed by atoms with van der Waals surface area (Å²) in [5, 5.41) is 15.8. The molecule has 0 spiro atoms. The molecule has 0 aliphatic rings. The lowest BCUT2D eigenvalue weighted by Crippen LogP contribution is -1.95. The van der Waals surface area contributed by atoms with E-state index in [-0.39, 0.29) is 0 Å². The molecule has 1 aromatic carbocycles. The molecule has 0 amide bonds. The molecule has 0 radical (unpaired) electrons. The van der Waals surface area contributed by atoms with Gasteiger partial charge in [0.2, 0.25) is 0 Å². The van der Waals surface area contributed by atoms with Crippen molar-refractivity contribution in [2.24, 2.45) is 7.05 Å². The number of nitrogens with zero attached hydrogens (tertiary/aromatic N) is 5. The van der Waals surface area contributed by atoms with Gasteiger partial charge in [-0.05, 0) is 30.7 Å². The molecular formula is C19H18N6S2. The number of thioether (sulfide) groups is 1. The van der Waals surface area contributed by atoms with E-state index in [2.05, 4.69) is 49.9 Å². The summed E-state index contributed by atoms with van der Waals surface area (Å²) in [5.74, 6) is 1.55. The van der Waals surface area contributed by atoms with E-state index in [4.69, 9.17) is 0 Å². The van der Waals surface area contributed by atoms with E-state index in [1.165, 1.54) is 5.56 Å². The fraction of sp³-hybridized carbons (Fsp3) is 0.158. The van der Waals surface area contributed by atoms with Crippen LogP contribution in [-0.2, 0) is 12.8 Å². The summed E-state index contributed by atoms with van der Waals surface area (Å²) in [5.41, 5.74) is 4.26. The van der Waals surface area contributed by atoms with Crippen LogP contribution in [0.15, 0.2) is 59.3 Å². The third kappa shape index (κ3) is 4.01. The van der Waals surface area contributed by atoms with Crippen LogP contribution >= 0.6 is 23.1 Å². The van der Waals surface area contributed by atoms with Crippen molar-refractivity contribution in [2.75, 3.05) is 5.32 Å². The first-order valence-corrected chi connectivity index (χ1v) is 10.3. The zero-order valence-corrected chi connectivity index (χ0v) is 16.6. The van der Waals surface area contributed by atoms with E-state index >= 15 is 0 Å². The lowest BCUT2D eigenvalue weighted by molar-refractivity contribution is 0.793. The van der Waals surface area contributed by atoms with Crippen LogP contribution in [0.4, 0.5) is 10.8 Å². The monoisotopic (exact) mass is 394 g/mol. The van der Waals surface area contributed by atoms with E-state index in [9.17, 15) is 0 Å². The van der Waals surface area contributed by atoms with Gasteiger partial charge in [0, 0.05) is 41.8 Å². The van der Waals surface area contributed by atoms with E-state index in [0.29, 0.717) is 0 Å². The highest BCUT2D eigenvalue weighted by Gasteiger charge is 2.12. The average molecular weight is 395 g/mol. The molecule has 3 heterocycles. The smallest absolute Gasteiger partial charge is 0.191 e. The highest BCUT2D eigenvalue weighted by molar-refractivity contribution is 7.98. The summed E-state index contributed by atoms with van der Waals surface area (Å²) >= 11 is 3.23. The maximum absolute atomic E-state index is 4.68. The summed E-state index contributed by atoms with van der Waals surface area (Å²) in [6.07, 6.45) is 3.54. The molecule has 0 bridgehead atoms. The molecule has 27 heavy (non-hydrogen) atoms. The Morgan fingerprint density at radius 1 is 1.15 bits per heavy atom. The zero-order valence-electron chi connectivity index (χ0n) is 15.0. The Bertz CT molecular complexity index is 1040. The summed E-state index contributed by atoms with van der Waals surface area (Å²) in [6, 6.07) is 12.1. The van der Waals surface area contributed by atoms with E-state index in [0.717, 1.165) is 38.8 Å². The Morgan fingerprint density at radius 2 is 2.04 bits per heavy atom. The van der Waals surface area contributed by atoms with Crippen LogP contribution in [0.25, 0.3) is 11.4 Å². The molecule has 0 aliphatic heterocycles. The number of aryl methyl sites for hydroxylation is 1. The molecule has 136 valence electrons. The lowest BCUT2D eigenvalue weighted by Gasteiger charge is -2.05. The van der Waals surface area contributed by atoms with E-state index < -0.39 is 0 Å². The quantitative estimate of drug-likeness (QED) is 0.479. The van der Waals surface area contributed by atoms with E-state index in [1.807, 2.05) is 35.9 Å². The average Bonchev–Trinajstić information content (AvgIpc) is 3.29. The molecule has 8 heteroatoms. The molecule has 0 aliphatic carbocycles. The van der Waals surface area contributed by atoms with Gasteiger partial charge < -0.3 is 9.88 Å². The van der Waals surface area contributed by atoms with Gasteiger partial charge in [-0.2, -0.15) is 0 Å². The first kappa shape index (κ1) is 17.7. The zero-order chi connectivity index (χ0) is 18.6. The standard InChI is InChI=1S/C19H18N6S2/c1-13-6-3-4-8-16(13)22-18-21-15(11-26-18)12-27-19-24-23-17(25(19)2)14-7-5-9-20-10-14/h3-11H,12H2,1-2H3,(H,21,22). The number of aromatic nitrogens is 5. The number of pyridine rings is 1. The highest BCUT2D eigenvalue weighted by atomic mass is 32.2. The van der Waals surface area contributed by atoms with Crippen molar-refractivity contribution in [1.82, 2.24) is 24.7 Å². The van der Waals surface area contributed by atoms with Crippen LogP contribution in [0.5, 0.6) is 0 Å². The molecule has 0 unspecified atom stereocenters. The Balaban J connectivity index is 1.42. The van der Waals surface area contributed by atoms with Crippen molar-refractivity contribution in [3.05, 3.63) is 65.4 Å². The van der Waals surface area contributed by atoms with Gasteiger partial charge in [-0.25, -0.2) is 4.98 Å². The molecule has 4 rings (SSSR count). The second-order valence-electron chi connectivity index (χ2n) is 5.98. The third-order valence-corrected chi connectivity index (χ3v) is 5.90. The Hall–Kier alpha value is -2.71. The number of para-hydroxylation sites is 1. The van der Waals surface area contributed by atoms with Gasteiger partial charge in [-0.3, -0.25) is 4.98 Å². The maximum Gasteiger partial charge on any atom is 0.191 e. The molecule has 0 saturated carbocycles. The lowest BCUT2D eigenvalue weighted by atomic mass is 10.2. The normalized spacial score (nSPS) is 10.9. The van der Waals surface area contributed by atoms with Crippen molar-refractivity contribution in [3.63, 3.8) is 0 Å². The van der Waals surface area contributed by atoms with Crippen molar-refractivity contribution in [3.8, 4) is 11.4 Å². The van der Waals surface area contributed by atoms with Crippen molar-refractivity contribution in [1.29, 1.82) is 0 Å². The molecular weight excluding hydrogens is 376 g/mol. The Morgan fingerprint density at radius 3 is 2.85 bits per heavy atom. The predicted molar refractivity (Wildman–Crippen MR) is 110 cm³/mol. The van der Waals surface area contributed by atoms with Crippen LogP contribution in [-0.4, -0.2) is 24.7 Å². The molecule has 4 aromatic rings. The number of hydrogen-bond donors (Lipinski definition) is 1. The van der Waals surface area contributed by atoms with Gasteiger partial charge in [0.25, 0.3) is 0 Å². The third-order valence-electron chi connectivity index (χ3n) is 4.04. The fourth-order valence-electron chi connectivity index (χ4n) is 2.58. The SMILES string of the molecule is Cc1ccccc1Nc1nc(CSc2nnc(-c3cccnc3)n2C)cs1. The van der Waals surface area contributed by atoms with Crippen LogP contribution < -0.4 is 5.32 Å². The van der Waals surface area contributed by atoms with Crippen molar-refractivity contribution >= 4 is 33.9 Å². The summed E-state index contributed by atoms with van der Waals surface area (Å²) in [6.45, 7) is 2.08. The number of anilines is 2. The second kappa shape index (κ2) is 7.89. The number of benzene rings is 1. The van der Waals surface area contributed by atoms with Gasteiger partial charge in [0.1, 0.15) is 0 Å². The largest absolute Gasteiger partial charge is 0.331 e. The second-order valence-corrected chi connectivity index (χ2v) is 7.78. The summed E-state index contributed by atoms with van der Waals surface area (Å²) in [4.78, 5) is 8.82. The number of thiazole rings is 1. The van der Waals surface area contributed by atoms with Gasteiger partial charge in [-0.1, -0.05) is 30.0 Å². The first-order valence-electron chi connectivity index (χ1n) is 8.40. The fourth-order valence-corrected chi connectivity index (χ4v) is 4.22. The van der Waals surface area contributed by atoms with Gasteiger partial charge in [0.05, 0.1) is 5.69 Å². The maximum atomic E-state index is 4.68. The molecule has 0 atom stereocenters. The first-order chi connectivity index (χ1) is 13.2. The van der Waals surface area contributed by atoms with Gasteiger partial charge in [-0.15, -0.1) is 21.5 Å². The summed E-state index contributed by atoms with van der Waals surface area (Å²) < 4.78 is 1.99. The topological polar surface area (TPSA) is 68.5 Å². The van der Waals surface area contributed by atoms with Gasteiger partial charge in [0.15, 0.2) is 16.1 Å². The minimum atomic E-state index is 0.741. The molecule has 1 N–H and O–H groups in total. The molecule has 0 fully saturated rings. The summed E-state index contributed by atoms with van der Waals surface area (Å²) in [7, 11) is 1.97.